The lowest BCUT2D eigenvalue weighted by molar-refractivity contribution is -0.116. The van der Waals surface area contributed by atoms with E-state index in [1.54, 1.807) is 4.52 Å². The van der Waals surface area contributed by atoms with E-state index in [4.69, 9.17) is 4.74 Å². The molecule has 2 aromatic carbocycles. The van der Waals surface area contributed by atoms with Gasteiger partial charge in [-0.3, -0.25) is 4.79 Å². The van der Waals surface area contributed by atoms with Gasteiger partial charge in [-0.15, -0.1) is 15.3 Å². The fourth-order valence-corrected chi connectivity index (χ4v) is 3.32. The minimum absolute atomic E-state index is 0.0779. The minimum Gasteiger partial charge on any atom is -0.486 e. The van der Waals surface area contributed by atoms with Gasteiger partial charge in [0.05, 0.1) is 0 Å². The number of amides is 1. The lowest BCUT2D eigenvalue weighted by Crippen LogP contribution is -2.12. The van der Waals surface area contributed by atoms with Gasteiger partial charge in [-0.1, -0.05) is 59.9 Å². The zero-order valence-electron chi connectivity index (χ0n) is 14.4. The Labute approximate surface area is 159 Å². The molecule has 0 bridgehead atoms. The van der Waals surface area contributed by atoms with Crippen LogP contribution in [0.5, 0.6) is 5.75 Å². The SMILES string of the molecule is O=C(CCc1ccccc1)Nc1nn2c(COc3ccccc3)nnc2s1. The number of rotatable bonds is 7. The van der Waals surface area contributed by atoms with Gasteiger partial charge in [0.2, 0.25) is 16.0 Å². The summed E-state index contributed by atoms with van der Waals surface area (Å²) >= 11 is 1.28. The van der Waals surface area contributed by atoms with E-state index in [0.29, 0.717) is 28.8 Å². The van der Waals surface area contributed by atoms with Gasteiger partial charge >= 0.3 is 0 Å². The van der Waals surface area contributed by atoms with Crippen molar-refractivity contribution in [2.24, 2.45) is 0 Å². The number of hydrogen-bond donors (Lipinski definition) is 1. The summed E-state index contributed by atoms with van der Waals surface area (Å²) in [6.45, 7) is 0.246. The Bertz CT molecular complexity index is 1030. The number of aromatic nitrogens is 4. The van der Waals surface area contributed by atoms with Crippen LogP contribution in [0.25, 0.3) is 4.96 Å². The molecule has 4 aromatic rings. The van der Waals surface area contributed by atoms with E-state index >= 15 is 0 Å². The third-order valence-electron chi connectivity index (χ3n) is 3.90. The van der Waals surface area contributed by atoms with Crippen LogP contribution < -0.4 is 10.1 Å². The molecule has 7 nitrogen and oxygen atoms in total. The highest BCUT2D eigenvalue weighted by atomic mass is 32.1. The van der Waals surface area contributed by atoms with Crippen LogP contribution in [0.1, 0.15) is 17.8 Å². The summed E-state index contributed by atoms with van der Waals surface area (Å²) in [5.41, 5.74) is 1.13. The Morgan fingerprint density at radius 2 is 1.78 bits per heavy atom. The molecule has 4 rings (SSSR count). The molecule has 1 N–H and O–H groups in total. The summed E-state index contributed by atoms with van der Waals surface area (Å²) in [6.07, 6.45) is 1.08. The third kappa shape index (κ3) is 4.29. The molecule has 136 valence electrons. The van der Waals surface area contributed by atoms with Crippen LogP contribution in [0.3, 0.4) is 0 Å². The summed E-state index contributed by atoms with van der Waals surface area (Å²) < 4.78 is 7.29. The van der Waals surface area contributed by atoms with Gasteiger partial charge in [0.15, 0.2) is 5.82 Å². The molecule has 0 saturated carbocycles. The Morgan fingerprint density at radius 3 is 2.56 bits per heavy atom. The molecule has 2 heterocycles. The van der Waals surface area contributed by atoms with Gasteiger partial charge in [0.1, 0.15) is 12.4 Å². The Balaban J connectivity index is 1.37. The third-order valence-corrected chi connectivity index (χ3v) is 4.71. The number of aryl methyl sites for hydroxylation is 1. The average molecular weight is 379 g/mol. The molecular formula is C19H17N5O2S. The normalized spacial score (nSPS) is 10.8. The summed E-state index contributed by atoms with van der Waals surface area (Å²) in [5.74, 6) is 1.25. The van der Waals surface area contributed by atoms with Crippen LogP contribution in [0, 0.1) is 0 Å². The van der Waals surface area contributed by atoms with Crippen LogP contribution in [-0.2, 0) is 17.8 Å². The molecule has 0 unspecified atom stereocenters. The van der Waals surface area contributed by atoms with Gasteiger partial charge in [-0.05, 0) is 24.1 Å². The first-order valence-electron chi connectivity index (χ1n) is 8.51. The minimum atomic E-state index is -0.0779. The quantitative estimate of drug-likeness (QED) is 0.533. The first kappa shape index (κ1) is 17.2. The second-order valence-electron chi connectivity index (χ2n) is 5.85. The number of ether oxygens (including phenoxy) is 1. The van der Waals surface area contributed by atoms with Crippen molar-refractivity contribution in [2.45, 2.75) is 19.4 Å². The number of nitrogens with zero attached hydrogens (tertiary/aromatic N) is 4. The number of anilines is 1. The van der Waals surface area contributed by atoms with E-state index in [1.165, 1.54) is 11.3 Å². The van der Waals surface area contributed by atoms with Crippen molar-refractivity contribution in [1.29, 1.82) is 0 Å². The van der Waals surface area contributed by atoms with E-state index < -0.39 is 0 Å². The van der Waals surface area contributed by atoms with E-state index in [9.17, 15) is 4.79 Å². The molecule has 0 aliphatic heterocycles. The summed E-state index contributed by atoms with van der Waals surface area (Å²) in [6, 6.07) is 19.4. The molecule has 8 heteroatoms. The predicted octanol–water partition coefficient (Wildman–Crippen LogP) is 3.34. The first-order valence-corrected chi connectivity index (χ1v) is 9.32. The first-order chi connectivity index (χ1) is 13.3. The maximum atomic E-state index is 12.2. The van der Waals surface area contributed by atoms with Crippen LogP contribution in [0.4, 0.5) is 5.13 Å². The number of hydrogen-bond acceptors (Lipinski definition) is 6. The Kier molecular flexibility index (Phi) is 5.06. The second kappa shape index (κ2) is 7.96. The zero-order chi connectivity index (χ0) is 18.5. The number of nitrogens with one attached hydrogen (secondary N) is 1. The highest BCUT2D eigenvalue weighted by Gasteiger charge is 2.14. The number of carbonyl (C=O) groups is 1. The van der Waals surface area contributed by atoms with Crippen molar-refractivity contribution in [3.63, 3.8) is 0 Å². The lowest BCUT2D eigenvalue weighted by atomic mass is 10.1. The second-order valence-corrected chi connectivity index (χ2v) is 6.81. The highest BCUT2D eigenvalue weighted by Crippen LogP contribution is 2.20. The van der Waals surface area contributed by atoms with E-state index in [2.05, 4.69) is 20.6 Å². The van der Waals surface area contributed by atoms with Crippen molar-refractivity contribution in [1.82, 2.24) is 19.8 Å². The highest BCUT2D eigenvalue weighted by molar-refractivity contribution is 7.20. The molecule has 0 spiro atoms. The summed E-state index contributed by atoms with van der Waals surface area (Å²) in [7, 11) is 0. The molecule has 27 heavy (non-hydrogen) atoms. The van der Waals surface area contributed by atoms with Crippen LogP contribution in [0.2, 0.25) is 0 Å². The fraction of sp³-hybridized carbons (Fsp3) is 0.158. The van der Waals surface area contributed by atoms with Gasteiger partial charge in [-0.25, -0.2) is 0 Å². The lowest BCUT2D eigenvalue weighted by Gasteiger charge is -2.03. The molecule has 0 fully saturated rings. The standard InChI is InChI=1S/C19H17N5O2S/c25-17(12-11-14-7-3-1-4-8-14)20-18-23-24-16(21-22-19(24)27-18)13-26-15-9-5-2-6-10-15/h1-10H,11-13H2,(H,20,23,25). The van der Waals surface area contributed by atoms with Crippen molar-refractivity contribution in [3.05, 3.63) is 72.1 Å². The van der Waals surface area contributed by atoms with Crippen molar-refractivity contribution >= 4 is 27.3 Å². The zero-order valence-corrected chi connectivity index (χ0v) is 15.2. The molecule has 1 amide bonds. The monoisotopic (exact) mass is 379 g/mol. The van der Waals surface area contributed by atoms with E-state index in [-0.39, 0.29) is 12.5 Å². The van der Waals surface area contributed by atoms with Crippen LogP contribution >= 0.6 is 11.3 Å². The molecular weight excluding hydrogens is 362 g/mol. The van der Waals surface area contributed by atoms with Crippen LogP contribution in [-0.4, -0.2) is 25.7 Å². The fourth-order valence-electron chi connectivity index (χ4n) is 2.55. The average Bonchev–Trinajstić information content (AvgIpc) is 3.27. The van der Waals surface area contributed by atoms with Crippen molar-refractivity contribution in [2.75, 3.05) is 5.32 Å². The van der Waals surface area contributed by atoms with Crippen LogP contribution in [0.15, 0.2) is 60.7 Å². The topological polar surface area (TPSA) is 81.4 Å². The largest absolute Gasteiger partial charge is 0.486 e. The van der Waals surface area contributed by atoms with Gasteiger partial charge < -0.3 is 10.1 Å². The molecule has 0 saturated heterocycles. The van der Waals surface area contributed by atoms with Gasteiger partial charge in [-0.2, -0.15) is 4.52 Å². The van der Waals surface area contributed by atoms with E-state index in [1.807, 2.05) is 60.7 Å². The van der Waals surface area contributed by atoms with E-state index in [0.717, 1.165) is 11.3 Å². The van der Waals surface area contributed by atoms with Crippen molar-refractivity contribution in [3.8, 4) is 5.75 Å². The number of benzene rings is 2. The smallest absolute Gasteiger partial charge is 0.236 e. The summed E-state index contributed by atoms with van der Waals surface area (Å²) in [4.78, 5) is 12.8. The predicted molar refractivity (Wildman–Crippen MR) is 103 cm³/mol. The molecule has 0 aliphatic carbocycles. The maximum absolute atomic E-state index is 12.2. The maximum Gasteiger partial charge on any atom is 0.236 e. The van der Waals surface area contributed by atoms with Gasteiger partial charge in [0.25, 0.3) is 0 Å². The molecule has 0 aliphatic rings. The molecule has 0 radical (unpaired) electrons. The number of fused-ring (bicyclic) bond motifs is 1. The van der Waals surface area contributed by atoms with Gasteiger partial charge in [0, 0.05) is 6.42 Å². The number of carbonyl (C=O) groups excluding carboxylic acids is 1. The molecule has 2 aromatic heterocycles. The van der Waals surface area contributed by atoms with Crippen molar-refractivity contribution < 1.29 is 9.53 Å². The Morgan fingerprint density at radius 1 is 1.04 bits per heavy atom. The summed E-state index contributed by atoms with van der Waals surface area (Å²) in [5, 5.41) is 15.9. The molecule has 0 atom stereocenters. The Hall–Kier alpha value is -3.26. The number of para-hydroxylation sites is 1.